The molecule has 0 aliphatic carbocycles. The zero-order valence-electron chi connectivity index (χ0n) is 19.9. The Bertz CT molecular complexity index is 1420. The van der Waals surface area contributed by atoms with Crippen LogP contribution in [0.4, 0.5) is 11.5 Å². The normalized spacial score (nSPS) is 22.6. The minimum atomic E-state index is -1.20. The number of aliphatic imine (C=N–C) groups is 2. The van der Waals surface area contributed by atoms with Gasteiger partial charge < -0.3 is 25.4 Å². The van der Waals surface area contributed by atoms with Crippen molar-refractivity contribution in [2.45, 2.75) is 24.7 Å². The van der Waals surface area contributed by atoms with E-state index in [0.717, 1.165) is 17.5 Å². The highest BCUT2D eigenvalue weighted by Gasteiger charge is 2.40. The molecule has 0 radical (unpaired) electrons. The van der Waals surface area contributed by atoms with Gasteiger partial charge in [0.25, 0.3) is 11.9 Å². The second kappa shape index (κ2) is 9.47. The van der Waals surface area contributed by atoms with Crippen LogP contribution in [0, 0.1) is 5.41 Å². The topological polar surface area (TPSA) is 138 Å². The Morgan fingerprint density at radius 1 is 1.14 bits per heavy atom. The lowest BCUT2D eigenvalue weighted by Crippen LogP contribution is -2.38. The largest absolute Gasteiger partial charge is 0.407 e. The standard InChI is InChI=1S/C27H25N7O3/c28-23(20-10-6-12-30-25(20)34-14-18-13-17(34)15-36-18)37-27(29)33-24-26(35)31-21-11-5-4-9-19(21)22(32-24)16-7-2-1-3-8-16/h1-12,17-18,24,28H,13-15H2,(H2,29,33)(H,31,35). The summed E-state index contributed by atoms with van der Waals surface area (Å²) in [4.78, 5) is 28.6. The molecule has 4 heterocycles. The Balaban J connectivity index is 1.28. The SMILES string of the molecule is N=C(OC(N)=NC1N=C(c2ccccc2)c2ccccc2NC1=O)c1cccnc1N1CC2CC1CO2. The molecule has 2 aromatic carbocycles. The molecule has 0 spiro atoms. The lowest BCUT2D eigenvalue weighted by atomic mass is 10.0. The fraction of sp³-hybridized carbons (Fsp3) is 0.222. The molecule has 3 aliphatic heterocycles. The lowest BCUT2D eigenvalue weighted by Gasteiger charge is -2.29. The Kier molecular flexibility index (Phi) is 5.85. The van der Waals surface area contributed by atoms with Crippen molar-refractivity contribution >= 4 is 35.0 Å². The van der Waals surface area contributed by atoms with E-state index in [-0.39, 0.29) is 24.1 Å². The van der Waals surface area contributed by atoms with Crippen LogP contribution in [0.2, 0.25) is 0 Å². The summed E-state index contributed by atoms with van der Waals surface area (Å²) in [5.74, 6) is -0.0209. The third-order valence-electron chi connectivity index (χ3n) is 6.63. The summed E-state index contributed by atoms with van der Waals surface area (Å²) in [7, 11) is 0. The maximum atomic E-state index is 13.0. The van der Waals surface area contributed by atoms with E-state index in [9.17, 15) is 4.79 Å². The Morgan fingerprint density at radius 3 is 2.73 bits per heavy atom. The van der Waals surface area contributed by atoms with E-state index in [2.05, 4.69) is 25.2 Å². The van der Waals surface area contributed by atoms with Gasteiger partial charge in [0, 0.05) is 23.9 Å². The second-order valence-electron chi connectivity index (χ2n) is 9.02. The first-order valence-corrected chi connectivity index (χ1v) is 12.0. The monoisotopic (exact) mass is 495 g/mol. The van der Waals surface area contributed by atoms with E-state index < -0.39 is 12.1 Å². The average Bonchev–Trinajstić information content (AvgIpc) is 3.53. The number of para-hydroxylation sites is 1. The lowest BCUT2D eigenvalue weighted by molar-refractivity contribution is -0.117. The van der Waals surface area contributed by atoms with Gasteiger partial charge in [-0.3, -0.25) is 10.2 Å². The van der Waals surface area contributed by atoms with E-state index >= 15 is 0 Å². The number of nitrogens with one attached hydrogen (secondary N) is 2. The predicted octanol–water partition coefficient (Wildman–Crippen LogP) is 2.53. The number of hydrogen-bond donors (Lipinski definition) is 3. The summed E-state index contributed by atoms with van der Waals surface area (Å²) < 4.78 is 11.3. The molecule has 186 valence electrons. The van der Waals surface area contributed by atoms with Gasteiger partial charge in [0.05, 0.1) is 35.7 Å². The number of morpholine rings is 1. The molecule has 1 amide bonds. The number of benzodiazepines with no additional fused rings is 1. The maximum Gasteiger partial charge on any atom is 0.291 e. The zero-order chi connectivity index (χ0) is 25.4. The highest BCUT2D eigenvalue weighted by molar-refractivity contribution is 6.19. The molecule has 3 aromatic rings. The highest BCUT2D eigenvalue weighted by atomic mass is 16.5. The van der Waals surface area contributed by atoms with E-state index in [1.807, 2.05) is 54.6 Å². The van der Waals surface area contributed by atoms with Gasteiger partial charge >= 0.3 is 0 Å². The van der Waals surface area contributed by atoms with Crippen molar-refractivity contribution in [3.63, 3.8) is 0 Å². The first-order valence-electron chi connectivity index (χ1n) is 12.0. The molecule has 10 nitrogen and oxygen atoms in total. The van der Waals surface area contributed by atoms with Crippen LogP contribution in [0.15, 0.2) is 82.9 Å². The number of ether oxygens (including phenoxy) is 2. The molecule has 3 aliphatic rings. The summed E-state index contributed by atoms with van der Waals surface area (Å²) in [6.45, 7) is 1.35. The number of nitrogens with zero attached hydrogens (tertiary/aromatic N) is 4. The summed E-state index contributed by atoms with van der Waals surface area (Å²) in [5.41, 5.74) is 9.42. The number of nitrogens with two attached hydrogens (primary N) is 1. The average molecular weight is 496 g/mol. The number of benzene rings is 2. The van der Waals surface area contributed by atoms with Crippen molar-refractivity contribution in [2.75, 3.05) is 23.4 Å². The van der Waals surface area contributed by atoms with Gasteiger partial charge in [-0.25, -0.2) is 9.98 Å². The number of anilines is 2. The number of amides is 1. The number of carbonyl (C=O) groups excluding carboxylic acids is 1. The molecule has 3 atom stereocenters. The number of amidine groups is 1. The van der Waals surface area contributed by atoms with Crippen LogP contribution in [0.25, 0.3) is 0 Å². The molecular weight excluding hydrogens is 470 g/mol. The van der Waals surface area contributed by atoms with Gasteiger partial charge in [-0.15, -0.1) is 0 Å². The maximum absolute atomic E-state index is 13.0. The van der Waals surface area contributed by atoms with E-state index in [4.69, 9.17) is 20.6 Å². The minimum Gasteiger partial charge on any atom is -0.407 e. The van der Waals surface area contributed by atoms with Crippen molar-refractivity contribution in [1.29, 1.82) is 5.41 Å². The first-order chi connectivity index (χ1) is 18.1. The van der Waals surface area contributed by atoms with Crippen molar-refractivity contribution in [3.8, 4) is 0 Å². The molecule has 2 saturated heterocycles. The molecule has 3 unspecified atom stereocenters. The zero-order valence-corrected chi connectivity index (χ0v) is 19.9. The van der Waals surface area contributed by atoms with Crippen LogP contribution < -0.4 is 16.0 Å². The van der Waals surface area contributed by atoms with Crippen LogP contribution in [-0.4, -0.2) is 60.0 Å². The molecule has 2 fully saturated rings. The molecule has 37 heavy (non-hydrogen) atoms. The smallest absolute Gasteiger partial charge is 0.291 e. The quantitative estimate of drug-likeness (QED) is 0.376. The number of carbonyl (C=O) groups is 1. The van der Waals surface area contributed by atoms with E-state index in [1.54, 1.807) is 18.3 Å². The number of rotatable bonds is 4. The molecule has 10 heteroatoms. The molecule has 2 bridgehead atoms. The van der Waals surface area contributed by atoms with Crippen molar-refractivity contribution in [1.82, 2.24) is 4.98 Å². The Hall–Kier alpha value is -4.57. The van der Waals surface area contributed by atoms with Gasteiger partial charge in [0.2, 0.25) is 12.1 Å². The number of hydrogen-bond acceptors (Lipinski definition) is 8. The number of fused-ring (bicyclic) bond motifs is 3. The number of aromatic nitrogens is 1. The van der Waals surface area contributed by atoms with Gasteiger partial charge in [-0.2, -0.15) is 4.99 Å². The van der Waals surface area contributed by atoms with Crippen LogP contribution in [0.3, 0.4) is 0 Å². The minimum absolute atomic E-state index is 0.177. The molecular formula is C27H25N7O3. The van der Waals surface area contributed by atoms with E-state index in [0.29, 0.717) is 35.9 Å². The third-order valence-corrected chi connectivity index (χ3v) is 6.63. The first kappa shape index (κ1) is 22.9. The van der Waals surface area contributed by atoms with Gasteiger partial charge in [-0.1, -0.05) is 48.5 Å². The fourth-order valence-corrected chi connectivity index (χ4v) is 4.93. The van der Waals surface area contributed by atoms with Gasteiger partial charge in [0.15, 0.2) is 0 Å². The summed E-state index contributed by atoms with van der Waals surface area (Å²) in [6, 6.07) is 20.4. The van der Waals surface area contributed by atoms with Crippen molar-refractivity contribution in [3.05, 3.63) is 89.6 Å². The van der Waals surface area contributed by atoms with Crippen molar-refractivity contribution in [2.24, 2.45) is 15.7 Å². The summed E-state index contributed by atoms with van der Waals surface area (Å²) in [5, 5.41) is 11.4. The molecule has 0 saturated carbocycles. The number of pyridine rings is 1. The van der Waals surface area contributed by atoms with E-state index in [1.165, 1.54) is 0 Å². The summed E-state index contributed by atoms with van der Waals surface area (Å²) >= 11 is 0. The molecule has 4 N–H and O–H groups in total. The van der Waals surface area contributed by atoms with Crippen LogP contribution >= 0.6 is 0 Å². The Morgan fingerprint density at radius 2 is 1.95 bits per heavy atom. The highest BCUT2D eigenvalue weighted by Crippen LogP contribution is 2.33. The van der Waals surface area contributed by atoms with Gasteiger partial charge in [0.1, 0.15) is 5.82 Å². The predicted molar refractivity (Wildman–Crippen MR) is 140 cm³/mol. The van der Waals surface area contributed by atoms with Crippen LogP contribution in [0.1, 0.15) is 23.1 Å². The second-order valence-corrected chi connectivity index (χ2v) is 9.02. The van der Waals surface area contributed by atoms with Crippen LogP contribution in [0.5, 0.6) is 0 Å². The molecule has 6 rings (SSSR count). The van der Waals surface area contributed by atoms with Crippen molar-refractivity contribution < 1.29 is 14.3 Å². The summed E-state index contributed by atoms with van der Waals surface area (Å²) in [6.07, 6.45) is 1.60. The third kappa shape index (κ3) is 4.43. The van der Waals surface area contributed by atoms with Crippen LogP contribution in [-0.2, 0) is 14.3 Å². The fourth-order valence-electron chi connectivity index (χ4n) is 4.93. The molecule has 1 aromatic heterocycles. The van der Waals surface area contributed by atoms with Gasteiger partial charge in [-0.05, 0) is 24.6 Å². The Labute approximate surface area is 213 Å².